The first-order valence-corrected chi connectivity index (χ1v) is 33.7. The Morgan fingerprint density at radius 2 is 0.814 bits per heavy atom. The van der Waals surface area contributed by atoms with Crippen LogP contribution >= 0.6 is 0 Å². The van der Waals surface area contributed by atoms with E-state index in [9.17, 15) is 95.6 Å². The summed E-state index contributed by atoms with van der Waals surface area (Å²) >= 11 is 0. The molecule has 3 aliphatic heterocycles. The van der Waals surface area contributed by atoms with Crippen LogP contribution in [0.15, 0.2) is 194 Å². The van der Waals surface area contributed by atoms with Gasteiger partial charge in [0.1, 0.15) is 6.61 Å². The zero-order chi connectivity index (χ0) is 74.6. The van der Waals surface area contributed by atoms with Crippen LogP contribution in [0.5, 0.6) is 0 Å². The third-order valence-corrected chi connectivity index (χ3v) is 18.4. The van der Waals surface area contributed by atoms with Gasteiger partial charge in [0.25, 0.3) is 35.4 Å². The second kappa shape index (κ2) is 29.6. The Hall–Kier alpha value is -11.8. The number of Topliss-reactive ketones (excluding diaryl/α,β-unsaturated/α-hetero) is 1. The largest absolute Gasteiger partial charge is 0.462 e. The van der Waals surface area contributed by atoms with Gasteiger partial charge in [0.15, 0.2) is 5.78 Å². The lowest BCUT2D eigenvalue weighted by Gasteiger charge is -2.26. The highest BCUT2D eigenvalue weighted by Crippen LogP contribution is 2.37. The molecule has 8 amide bonds. The minimum absolute atomic E-state index is 0.0239. The van der Waals surface area contributed by atoms with Crippen molar-refractivity contribution in [2.45, 2.75) is 42.1 Å². The van der Waals surface area contributed by atoms with Crippen LogP contribution in [-0.4, -0.2) is 136 Å². The molecular formula is C68H51F4N5O22S3. The third kappa shape index (κ3) is 15.0. The quantitative estimate of drug-likeness (QED) is 0.0151. The molecule has 2 N–H and O–H groups in total. The SMILES string of the molecule is C=C(C)C(=O)OCCCC(=O)c1ccc(S(=O)(=O)ON2C(=O)c3cccc4cccc(c34)C2=O)cc1.C=C(C)C(=O)OCCNC(=O)C(F)(F)S(=O)(=O)ON1C(=O)c2cccc3cccc(c23)C1=O.C=Cc1ccc(NC(=O)C(F)(F)S(=O)(=O)ON2C(=O)c3cccc4cccc(c34)C2=O)cc1. The molecule has 8 aromatic carbocycles. The minimum atomic E-state index is -6.15. The summed E-state index contributed by atoms with van der Waals surface area (Å²) in [5.41, 5.74) is 0.798. The molecular weight excluding hydrogens is 1410 g/mol. The highest BCUT2D eigenvalue weighted by Gasteiger charge is 2.58. The number of ether oxygens (including phenoxy) is 2. The summed E-state index contributed by atoms with van der Waals surface area (Å²) in [5.74, 6) is -13.1. The lowest BCUT2D eigenvalue weighted by atomic mass is 9.95. The first-order valence-electron chi connectivity index (χ1n) is 29.5. The van der Waals surface area contributed by atoms with Crippen molar-refractivity contribution in [3.63, 3.8) is 0 Å². The fraction of sp³-hybridized carbons (Fsp3) is 0.132. The number of amides is 8. The molecule has 0 atom stereocenters. The minimum Gasteiger partial charge on any atom is -0.462 e. The van der Waals surface area contributed by atoms with Crippen LogP contribution in [0.2, 0.25) is 0 Å². The summed E-state index contributed by atoms with van der Waals surface area (Å²) in [4.78, 5) is 135. The van der Waals surface area contributed by atoms with Crippen molar-refractivity contribution in [1.29, 1.82) is 0 Å². The molecule has 0 unspecified atom stereocenters. The zero-order valence-corrected chi connectivity index (χ0v) is 55.3. The van der Waals surface area contributed by atoms with Crippen LogP contribution in [0.1, 0.15) is 105 Å². The van der Waals surface area contributed by atoms with Gasteiger partial charge in [-0.25, -0.2) is 9.59 Å². The molecule has 0 radical (unpaired) electrons. The van der Waals surface area contributed by atoms with Crippen LogP contribution in [0.4, 0.5) is 23.2 Å². The molecule has 0 bridgehead atoms. The molecule has 3 heterocycles. The number of rotatable bonds is 23. The smallest absolute Gasteiger partial charge is 0.449 e. The van der Waals surface area contributed by atoms with Gasteiger partial charge in [0, 0.05) is 45.0 Å². The van der Waals surface area contributed by atoms with Crippen LogP contribution in [-0.2, 0) is 71.9 Å². The maximum absolute atomic E-state index is 14.6. The van der Waals surface area contributed by atoms with E-state index in [1.165, 1.54) is 117 Å². The second-order valence-electron chi connectivity index (χ2n) is 21.9. The highest BCUT2D eigenvalue weighted by atomic mass is 32.2. The van der Waals surface area contributed by atoms with Crippen LogP contribution in [0.3, 0.4) is 0 Å². The predicted molar refractivity (Wildman–Crippen MR) is 351 cm³/mol. The summed E-state index contributed by atoms with van der Waals surface area (Å²) in [6, 6.07) is 37.4. The lowest BCUT2D eigenvalue weighted by Crippen LogP contribution is -2.51. The number of halogens is 4. The van der Waals surface area contributed by atoms with Crippen molar-refractivity contribution in [3.8, 4) is 0 Å². The third-order valence-electron chi connectivity index (χ3n) is 14.8. The van der Waals surface area contributed by atoms with Gasteiger partial charge >= 0.3 is 64.6 Å². The van der Waals surface area contributed by atoms with Gasteiger partial charge in [-0.2, -0.15) is 42.8 Å². The molecule has 0 aromatic heterocycles. The standard InChI is InChI=1S/C26H21NO8S.C22H14F2N2O6S.C20H16F2N2O8S/c1-16(2)26(31)34-15-5-10-22(28)17-11-13-19(14-12-17)36(32,33)35-27-24(29)20-8-3-6-18-7-4-9-21(23(18)20)25(27)30;1-2-13-9-11-15(12-10-13)25-21(29)22(23,24)33(30,31)32-26-19(27)16-7-3-5-14-6-4-8-17(18(14)16)20(26)28;1-11(2)18(27)31-10-9-23-19(28)20(21,22)33(29,30)32-24-16(25)13-7-3-5-12-6-4-8-14(15(12)13)17(24)26/h3-4,6-9,11-14H,1,5,10,15H2,2H3;2-12H,1H2,(H,25,29);3-8H,1,9-10H2,2H3,(H,23,28). The van der Waals surface area contributed by atoms with Crippen LogP contribution < -0.4 is 10.6 Å². The monoisotopic (exact) mass is 1460 g/mol. The Kier molecular flexibility index (Phi) is 21.6. The Morgan fingerprint density at radius 1 is 0.471 bits per heavy atom. The Labute approximate surface area is 575 Å². The number of hydroxylamine groups is 6. The molecule has 34 heteroatoms. The average molecular weight is 1460 g/mol. The van der Waals surface area contributed by atoms with Crippen molar-refractivity contribution < 1.29 is 118 Å². The molecule has 526 valence electrons. The number of benzene rings is 8. The molecule has 8 aromatic rings. The second-order valence-corrected chi connectivity index (χ2v) is 26.5. The molecule has 0 saturated heterocycles. The fourth-order valence-electron chi connectivity index (χ4n) is 9.80. The number of nitrogens with zero attached hydrogens (tertiary/aromatic N) is 3. The number of carbonyl (C=O) groups is 11. The molecule has 11 rings (SSSR count). The molecule has 27 nitrogen and oxygen atoms in total. The van der Waals surface area contributed by atoms with Gasteiger partial charge in [-0.05, 0) is 103 Å². The molecule has 3 aliphatic rings. The van der Waals surface area contributed by atoms with E-state index in [0.29, 0.717) is 27.1 Å². The summed E-state index contributed by atoms with van der Waals surface area (Å²) in [5, 5.41) is -4.81. The van der Waals surface area contributed by atoms with E-state index < -0.39 is 113 Å². The number of hydrogen-bond donors (Lipinski definition) is 2. The number of imide groups is 3. The molecule has 102 heavy (non-hydrogen) atoms. The van der Waals surface area contributed by atoms with Gasteiger partial charge in [-0.15, -0.1) is 28.0 Å². The van der Waals surface area contributed by atoms with Gasteiger partial charge in [-0.1, -0.05) is 123 Å². The summed E-state index contributed by atoms with van der Waals surface area (Å²) in [7, 11) is -16.8. The molecule has 0 saturated carbocycles. The molecule has 0 fully saturated rings. The summed E-state index contributed by atoms with van der Waals surface area (Å²) in [6.45, 7) is 12.0. The lowest BCUT2D eigenvalue weighted by molar-refractivity contribution is -0.141. The topological polar surface area (TPSA) is 370 Å². The average Bonchev–Trinajstić information content (AvgIpc) is 0.752. The number of hydrogen-bond acceptors (Lipinski definition) is 22. The van der Waals surface area contributed by atoms with Crippen LogP contribution in [0.25, 0.3) is 38.4 Å². The van der Waals surface area contributed by atoms with E-state index in [1.807, 2.05) is 0 Å². The Bertz CT molecular complexity index is 5150. The maximum Gasteiger partial charge on any atom is 0.449 e. The van der Waals surface area contributed by atoms with E-state index in [-0.39, 0.29) is 112 Å². The van der Waals surface area contributed by atoms with E-state index >= 15 is 0 Å². The van der Waals surface area contributed by atoms with E-state index in [4.69, 9.17) is 9.02 Å². The number of ketones is 1. The highest BCUT2D eigenvalue weighted by molar-refractivity contribution is 7.89. The van der Waals surface area contributed by atoms with Crippen molar-refractivity contribution in [1.82, 2.24) is 20.5 Å². The van der Waals surface area contributed by atoms with E-state index in [1.54, 1.807) is 59.2 Å². The first-order chi connectivity index (χ1) is 48.0. The molecule has 0 spiro atoms. The zero-order valence-electron chi connectivity index (χ0n) is 52.8. The number of nitrogens with one attached hydrogen (secondary N) is 2. The molecule has 0 aliphatic carbocycles. The Morgan fingerprint density at radius 3 is 1.17 bits per heavy atom. The van der Waals surface area contributed by atoms with Gasteiger partial charge in [0.05, 0.1) is 51.4 Å². The normalized spacial score (nSPS) is 13.5. The van der Waals surface area contributed by atoms with Crippen molar-refractivity contribution in [2.75, 3.05) is 25.1 Å². The predicted octanol–water partition coefficient (Wildman–Crippen LogP) is 8.94. The Balaban J connectivity index is 0.000000178. The van der Waals surface area contributed by atoms with Crippen molar-refractivity contribution >= 4 is 139 Å². The van der Waals surface area contributed by atoms with Gasteiger partial charge in [-0.3, -0.25) is 43.2 Å². The number of anilines is 1. The fourth-order valence-corrected chi connectivity index (χ4v) is 12.1. The van der Waals surface area contributed by atoms with E-state index in [0.717, 1.165) is 12.1 Å². The van der Waals surface area contributed by atoms with Gasteiger partial charge in [0.2, 0.25) is 0 Å². The van der Waals surface area contributed by atoms with Crippen molar-refractivity contribution in [2.24, 2.45) is 0 Å². The number of esters is 2. The van der Waals surface area contributed by atoms with E-state index in [2.05, 4.69) is 33.0 Å². The maximum atomic E-state index is 14.6. The summed E-state index contributed by atoms with van der Waals surface area (Å²) in [6.07, 6.45) is 1.84. The number of carbonyl (C=O) groups excluding carboxylic acids is 11. The number of alkyl halides is 4. The van der Waals surface area contributed by atoms with Crippen LogP contribution in [0, 0.1) is 0 Å². The van der Waals surface area contributed by atoms with Gasteiger partial charge < -0.3 is 20.1 Å². The summed E-state index contributed by atoms with van der Waals surface area (Å²) < 4.78 is 155. The van der Waals surface area contributed by atoms with Crippen molar-refractivity contribution in [3.05, 3.63) is 233 Å². The first kappa shape index (κ1) is 74.4.